The van der Waals surface area contributed by atoms with Crippen molar-refractivity contribution in [2.45, 2.75) is 25.5 Å². The molecule has 0 aliphatic carbocycles. The average molecular weight is 410 g/mol. The van der Waals surface area contributed by atoms with Crippen LogP contribution < -0.4 is 10.2 Å². The first kappa shape index (κ1) is 20.6. The molecule has 0 radical (unpaired) electrons. The van der Waals surface area contributed by atoms with Crippen molar-refractivity contribution in [2.24, 2.45) is 5.10 Å². The maximum atomic E-state index is 12.1. The van der Waals surface area contributed by atoms with Crippen LogP contribution >= 0.6 is 11.8 Å². The Balaban J connectivity index is 1.59. The van der Waals surface area contributed by atoms with Crippen molar-refractivity contribution in [2.75, 3.05) is 12.9 Å². The topological polar surface area (TPSA) is 81.4 Å². The van der Waals surface area contributed by atoms with E-state index in [1.807, 2.05) is 66.9 Å². The molecule has 150 valence electrons. The van der Waals surface area contributed by atoms with Crippen LogP contribution in [0.1, 0.15) is 18.1 Å². The summed E-state index contributed by atoms with van der Waals surface area (Å²) in [6.07, 6.45) is 1.62. The molecule has 2 aromatic carbocycles. The van der Waals surface area contributed by atoms with Gasteiger partial charge in [-0.2, -0.15) is 5.10 Å². The van der Waals surface area contributed by atoms with Gasteiger partial charge in [0, 0.05) is 12.1 Å². The second-order valence-corrected chi connectivity index (χ2v) is 7.21. The number of nitrogens with one attached hydrogen (secondary N) is 1. The fraction of sp³-hybridized carbons (Fsp3) is 0.238. The first-order valence-electron chi connectivity index (χ1n) is 9.19. The molecule has 29 heavy (non-hydrogen) atoms. The third-order valence-corrected chi connectivity index (χ3v) is 5.16. The second kappa shape index (κ2) is 9.88. The predicted molar refractivity (Wildman–Crippen MR) is 115 cm³/mol. The Hall–Kier alpha value is -3.13. The van der Waals surface area contributed by atoms with Crippen molar-refractivity contribution in [3.63, 3.8) is 0 Å². The summed E-state index contributed by atoms with van der Waals surface area (Å²) in [6.45, 7) is 4.74. The molecule has 0 spiro atoms. The van der Waals surface area contributed by atoms with E-state index in [2.05, 4.69) is 20.7 Å². The lowest BCUT2D eigenvalue weighted by Gasteiger charge is -2.07. The number of hydrazone groups is 1. The summed E-state index contributed by atoms with van der Waals surface area (Å²) in [5.41, 5.74) is 5.59. The van der Waals surface area contributed by atoms with E-state index in [4.69, 9.17) is 4.74 Å². The Bertz CT molecular complexity index is 981. The highest BCUT2D eigenvalue weighted by atomic mass is 32.2. The van der Waals surface area contributed by atoms with E-state index < -0.39 is 0 Å². The monoisotopic (exact) mass is 409 g/mol. The Morgan fingerprint density at radius 2 is 1.90 bits per heavy atom. The fourth-order valence-electron chi connectivity index (χ4n) is 2.63. The fourth-order valence-corrected chi connectivity index (χ4v) is 3.42. The standard InChI is InChI=1S/C21H23N5O2S/c1-4-26-20(17-9-11-18(28-3)12-10-17)24-25-21(26)29-14-19(27)23-22-13-16-7-5-15(2)6-8-16/h5-13H,4,14H2,1-3H3,(H,23,27)/b22-13+. The number of ether oxygens (including phenoxy) is 1. The minimum absolute atomic E-state index is 0.199. The molecule has 0 saturated carbocycles. The molecule has 3 aromatic rings. The molecule has 7 nitrogen and oxygen atoms in total. The van der Waals surface area contributed by atoms with Crippen molar-refractivity contribution in [3.8, 4) is 17.1 Å². The number of aryl methyl sites for hydroxylation is 1. The SMILES string of the molecule is CCn1c(SCC(=O)N/N=C/c2ccc(C)cc2)nnc1-c1ccc(OC)cc1. The van der Waals surface area contributed by atoms with Gasteiger partial charge in [-0.05, 0) is 43.7 Å². The third-order valence-electron chi connectivity index (χ3n) is 4.19. The highest BCUT2D eigenvalue weighted by molar-refractivity contribution is 7.99. The van der Waals surface area contributed by atoms with E-state index in [1.165, 1.54) is 17.3 Å². The van der Waals surface area contributed by atoms with E-state index in [1.54, 1.807) is 13.3 Å². The van der Waals surface area contributed by atoms with Crippen LogP contribution in [0.15, 0.2) is 58.8 Å². The Morgan fingerprint density at radius 1 is 1.17 bits per heavy atom. The minimum Gasteiger partial charge on any atom is -0.497 e. The number of benzene rings is 2. The number of hydrogen-bond acceptors (Lipinski definition) is 6. The molecule has 1 N–H and O–H groups in total. The number of carbonyl (C=O) groups is 1. The van der Waals surface area contributed by atoms with Gasteiger partial charge in [0.05, 0.1) is 19.1 Å². The van der Waals surface area contributed by atoms with Crippen LogP contribution in [-0.2, 0) is 11.3 Å². The van der Waals surface area contributed by atoms with Crippen LogP contribution in [0.5, 0.6) is 5.75 Å². The first-order chi connectivity index (χ1) is 14.1. The predicted octanol–water partition coefficient (Wildman–Crippen LogP) is 3.52. The van der Waals surface area contributed by atoms with Crippen LogP contribution in [-0.4, -0.2) is 39.7 Å². The number of thioether (sulfide) groups is 1. The Morgan fingerprint density at radius 3 is 2.55 bits per heavy atom. The number of nitrogens with zero attached hydrogens (tertiary/aromatic N) is 4. The Labute approximate surface area is 174 Å². The maximum absolute atomic E-state index is 12.1. The molecule has 0 unspecified atom stereocenters. The van der Waals surface area contributed by atoms with Crippen LogP contribution in [0.2, 0.25) is 0 Å². The van der Waals surface area contributed by atoms with Gasteiger partial charge in [-0.25, -0.2) is 5.43 Å². The van der Waals surface area contributed by atoms with Gasteiger partial charge in [0.25, 0.3) is 5.91 Å². The van der Waals surface area contributed by atoms with Crippen molar-refractivity contribution in [1.29, 1.82) is 0 Å². The average Bonchev–Trinajstić information content (AvgIpc) is 3.16. The normalized spacial score (nSPS) is 11.0. The molecule has 0 bridgehead atoms. The number of hydrogen-bond donors (Lipinski definition) is 1. The summed E-state index contributed by atoms with van der Waals surface area (Å²) in [6, 6.07) is 15.5. The summed E-state index contributed by atoms with van der Waals surface area (Å²) in [7, 11) is 1.63. The van der Waals surface area contributed by atoms with Crippen LogP contribution in [0.3, 0.4) is 0 Å². The first-order valence-corrected chi connectivity index (χ1v) is 10.2. The molecule has 3 rings (SSSR count). The van der Waals surface area contributed by atoms with Crippen molar-refractivity contribution in [3.05, 3.63) is 59.7 Å². The number of rotatable bonds is 8. The van der Waals surface area contributed by atoms with Gasteiger partial charge < -0.3 is 9.30 Å². The van der Waals surface area contributed by atoms with Crippen molar-refractivity contribution < 1.29 is 9.53 Å². The van der Waals surface area contributed by atoms with Gasteiger partial charge in [0.15, 0.2) is 11.0 Å². The van der Waals surface area contributed by atoms with Gasteiger partial charge in [-0.1, -0.05) is 41.6 Å². The smallest absolute Gasteiger partial charge is 0.250 e. The van der Waals surface area contributed by atoms with Gasteiger partial charge in [0.2, 0.25) is 0 Å². The zero-order chi connectivity index (χ0) is 20.6. The molecule has 0 atom stereocenters. The summed E-state index contributed by atoms with van der Waals surface area (Å²) in [4.78, 5) is 12.1. The van der Waals surface area contributed by atoms with E-state index in [0.717, 1.165) is 22.7 Å². The molecule has 0 saturated heterocycles. The van der Waals surface area contributed by atoms with Gasteiger partial charge in [-0.3, -0.25) is 4.79 Å². The largest absolute Gasteiger partial charge is 0.497 e. The Kier molecular flexibility index (Phi) is 7.02. The van der Waals surface area contributed by atoms with E-state index in [0.29, 0.717) is 11.7 Å². The summed E-state index contributed by atoms with van der Waals surface area (Å²) < 4.78 is 7.18. The van der Waals surface area contributed by atoms with Gasteiger partial charge >= 0.3 is 0 Å². The van der Waals surface area contributed by atoms with Gasteiger partial charge in [-0.15, -0.1) is 10.2 Å². The molecule has 8 heteroatoms. The van der Waals surface area contributed by atoms with Crippen LogP contribution in [0.4, 0.5) is 0 Å². The summed E-state index contributed by atoms with van der Waals surface area (Å²) in [5.74, 6) is 1.55. The maximum Gasteiger partial charge on any atom is 0.250 e. The van der Waals surface area contributed by atoms with Crippen LogP contribution in [0, 0.1) is 6.92 Å². The van der Waals surface area contributed by atoms with Crippen molar-refractivity contribution in [1.82, 2.24) is 20.2 Å². The van der Waals surface area contributed by atoms with Crippen molar-refractivity contribution >= 4 is 23.9 Å². The highest BCUT2D eigenvalue weighted by Gasteiger charge is 2.14. The molecule has 0 aliphatic rings. The number of aromatic nitrogens is 3. The number of methoxy groups -OCH3 is 1. The summed E-state index contributed by atoms with van der Waals surface area (Å²) in [5, 5.41) is 13.2. The number of carbonyl (C=O) groups excluding carboxylic acids is 1. The number of amides is 1. The lowest BCUT2D eigenvalue weighted by Crippen LogP contribution is -2.20. The molecule has 0 fully saturated rings. The van der Waals surface area contributed by atoms with E-state index >= 15 is 0 Å². The molecule has 1 heterocycles. The molecule has 1 aromatic heterocycles. The second-order valence-electron chi connectivity index (χ2n) is 6.27. The lowest BCUT2D eigenvalue weighted by atomic mass is 10.2. The highest BCUT2D eigenvalue weighted by Crippen LogP contribution is 2.25. The summed E-state index contributed by atoms with van der Waals surface area (Å²) >= 11 is 1.33. The minimum atomic E-state index is -0.199. The van der Waals surface area contributed by atoms with Gasteiger partial charge in [0.1, 0.15) is 5.75 Å². The quantitative estimate of drug-likeness (QED) is 0.350. The molecule has 1 amide bonds. The molecular weight excluding hydrogens is 386 g/mol. The van der Waals surface area contributed by atoms with Crippen LogP contribution in [0.25, 0.3) is 11.4 Å². The molecule has 0 aliphatic heterocycles. The van der Waals surface area contributed by atoms with E-state index in [-0.39, 0.29) is 11.7 Å². The zero-order valence-corrected chi connectivity index (χ0v) is 17.4. The molecular formula is C21H23N5O2S. The lowest BCUT2D eigenvalue weighted by molar-refractivity contribution is -0.118. The zero-order valence-electron chi connectivity index (χ0n) is 16.6. The van der Waals surface area contributed by atoms with E-state index in [9.17, 15) is 4.79 Å². The third kappa shape index (κ3) is 5.45.